The predicted octanol–water partition coefficient (Wildman–Crippen LogP) is 4.51. The first-order chi connectivity index (χ1) is 17.3. The number of rotatable bonds is 5. The number of hydrogen-bond donors (Lipinski definition) is 1. The van der Waals surface area contributed by atoms with E-state index in [1.807, 2.05) is 13.1 Å². The highest BCUT2D eigenvalue weighted by Crippen LogP contribution is 2.37. The Morgan fingerprint density at radius 1 is 1.17 bits per heavy atom. The van der Waals surface area contributed by atoms with Crippen LogP contribution in [-0.2, 0) is 4.79 Å². The van der Waals surface area contributed by atoms with E-state index in [0.29, 0.717) is 16.4 Å². The van der Waals surface area contributed by atoms with Crippen molar-refractivity contribution in [3.63, 3.8) is 0 Å². The van der Waals surface area contributed by atoms with Gasteiger partial charge < -0.3 is 19.4 Å². The third kappa shape index (κ3) is 4.15. The summed E-state index contributed by atoms with van der Waals surface area (Å²) in [5.41, 5.74) is 1.79. The molecule has 0 spiro atoms. The van der Waals surface area contributed by atoms with Crippen LogP contribution in [0.5, 0.6) is 5.75 Å². The van der Waals surface area contributed by atoms with Crippen molar-refractivity contribution in [1.29, 1.82) is 0 Å². The van der Waals surface area contributed by atoms with Crippen molar-refractivity contribution in [1.82, 2.24) is 14.7 Å². The monoisotopic (exact) mass is 510 g/mol. The van der Waals surface area contributed by atoms with Gasteiger partial charge in [0.25, 0.3) is 5.91 Å². The number of ether oxygens (including phenoxy) is 1. The van der Waals surface area contributed by atoms with E-state index >= 15 is 8.78 Å². The van der Waals surface area contributed by atoms with E-state index in [1.54, 1.807) is 35.0 Å². The van der Waals surface area contributed by atoms with Gasteiger partial charge in [0.15, 0.2) is 5.65 Å². The standard InChI is InChI=1S/C26H21ClF2N4O3/c1-14-9-21(24-30-7-8-32(24)12-14)33-13-18(22-19(28)10-17(36-2)11-20(22)29)23(26(33)35)31-25(34)15-3-5-16(27)6-4-15/h3-12,18,23H,13H2,1-2H3,(H,31,34)/t18-,23?/m0/s1. The summed E-state index contributed by atoms with van der Waals surface area (Å²) >= 11 is 5.92. The van der Waals surface area contributed by atoms with Gasteiger partial charge in [0.05, 0.1) is 12.8 Å². The van der Waals surface area contributed by atoms with Crippen LogP contribution in [0.25, 0.3) is 5.65 Å². The zero-order valence-corrected chi connectivity index (χ0v) is 20.1. The average Bonchev–Trinajstić information content (AvgIpc) is 3.43. The number of aryl methyl sites for hydroxylation is 1. The van der Waals surface area contributed by atoms with E-state index < -0.39 is 35.4 Å². The molecule has 0 aliphatic carbocycles. The molecule has 1 fully saturated rings. The molecule has 1 saturated heterocycles. The molecule has 2 atom stereocenters. The summed E-state index contributed by atoms with van der Waals surface area (Å²) in [6.07, 6.45) is 5.19. The third-order valence-electron chi connectivity index (χ3n) is 6.26. The quantitative estimate of drug-likeness (QED) is 0.428. The number of carbonyl (C=O) groups is 2. The topological polar surface area (TPSA) is 75.9 Å². The lowest BCUT2D eigenvalue weighted by Crippen LogP contribution is -2.44. The Hall–Kier alpha value is -3.98. The molecule has 10 heteroatoms. The van der Waals surface area contributed by atoms with Gasteiger partial charge in [-0.1, -0.05) is 11.6 Å². The Morgan fingerprint density at radius 3 is 2.53 bits per heavy atom. The summed E-state index contributed by atoms with van der Waals surface area (Å²) in [7, 11) is 1.30. The highest BCUT2D eigenvalue weighted by Gasteiger charge is 2.45. The van der Waals surface area contributed by atoms with Crippen LogP contribution in [0.3, 0.4) is 0 Å². The van der Waals surface area contributed by atoms with E-state index in [9.17, 15) is 9.59 Å². The van der Waals surface area contributed by atoms with Gasteiger partial charge in [0.1, 0.15) is 23.4 Å². The molecule has 1 aliphatic rings. The van der Waals surface area contributed by atoms with Gasteiger partial charge in [-0.05, 0) is 42.8 Å². The van der Waals surface area contributed by atoms with Crippen molar-refractivity contribution in [3.05, 3.63) is 94.4 Å². The van der Waals surface area contributed by atoms with Crippen LogP contribution in [0.15, 0.2) is 61.1 Å². The molecule has 7 nitrogen and oxygen atoms in total. The minimum atomic E-state index is -1.24. The Labute approximate surface area is 210 Å². The van der Waals surface area contributed by atoms with Gasteiger partial charge in [-0.3, -0.25) is 9.59 Å². The molecule has 0 radical (unpaired) electrons. The van der Waals surface area contributed by atoms with Crippen LogP contribution >= 0.6 is 11.6 Å². The van der Waals surface area contributed by atoms with E-state index in [-0.39, 0.29) is 23.4 Å². The number of nitrogens with one attached hydrogen (secondary N) is 1. The van der Waals surface area contributed by atoms with Crippen molar-refractivity contribution < 1.29 is 23.1 Å². The van der Waals surface area contributed by atoms with Crippen LogP contribution in [0.1, 0.15) is 27.4 Å². The Morgan fingerprint density at radius 2 is 1.86 bits per heavy atom. The van der Waals surface area contributed by atoms with Gasteiger partial charge in [-0.15, -0.1) is 0 Å². The normalized spacial score (nSPS) is 17.6. The maximum Gasteiger partial charge on any atom is 0.251 e. The van der Waals surface area contributed by atoms with Gasteiger partial charge in [0.2, 0.25) is 5.91 Å². The third-order valence-corrected chi connectivity index (χ3v) is 6.51. The zero-order valence-electron chi connectivity index (χ0n) is 19.3. The Balaban J connectivity index is 1.59. The molecule has 4 aromatic rings. The molecule has 1 unspecified atom stereocenters. The number of anilines is 1. The zero-order chi connectivity index (χ0) is 25.6. The summed E-state index contributed by atoms with van der Waals surface area (Å²) in [5.74, 6) is -3.82. The van der Waals surface area contributed by atoms with Crippen molar-refractivity contribution in [2.24, 2.45) is 0 Å². The first kappa shape index (κ1) is 23.7. The number of aromatic nitrogens is 2. The Bertz CT molecular complexity index is 1470. The lowest BCUT2D eigenvalue weighted by atomic mass is 9.92. The molecule has 1 N–H and O–H groups in total. The SMILES string of the molecule is COc1cc(F)c([C@@H]2CN(c3cc(C)cn4ccnc34)C(=O)C2NC(=O)c2ccc(Cl)cc2)c(F)c1. The summed E-state index contributed by atoms with van der Waals surface area (Å²) in [4.78, 5) is 32.5. The van der Waals surface area contributed by atoms with E-state index in [2.05, 4.69) is 10.3 Å². The number of benzene rings is 2. The summed E-state index contributed by atoms with van der Waals surface area (Å²) in [6.45, 7) is 1.79. The summed E-state index contributed by atoms with van der Waals surface area (Å²) < 4.78 is 37.0. The number of amides is 2. The van der Waals surface area contributed by atoms with Gasteiger partial charge in [0, 0.05) is 59.3 Å². The number of fused-ring (bicyclic) bond motifs is 1. The number of carbonyl (C=O) groups excluding carboxylic acids is 2. The minimum Gasteiger partial charge on any atom is -0.497 e. The molecule has 0 saturated carbocycles. The second-order valence-electron chi connectivity index (χ2n) is 8.58. The van der Waals surface area contributed by atoms with Crippen LogP contribution in [0, 0.1) is 18.6 Å². The molecule has 3 heterocycles. The smallest absolute Gasteiger partial charge is 0.251 e. The highest BCUT2D eigenvalue weighted by atomic mass is 35.5. The average molecular weight is 511 g/mol. The molecular weight excluding hydrogens is 490 g/mol. The number of nitrogens with zero attached hydrogens (tertiary/aromatic N) is 3. The first-order valence-electron chi connectivity index (χ1n) is 11.1. The second-order valence-corrected chi connectivity index (χ2v) is 9.02. The molecule has 1 aliphatic heterocycles. The first-order valence-corrected chi connectivity index (χ1v) is 11.5. The maximum atomic E-state index is 15.2. The summed E-state index contributed by atoms with van der Waals surface area (Å²) in [5, 5.41) is 3.13. The number of halogens is 3. The fourth-order valence-corrected chi connectivity index (χ4v) is 4.71. The second kappa shape index (κ2) is 9.23. The van der Waals surface area contributed by atoms with Crippen molar-refractivity contribution in [2.75, 3.05) is 18.6 Å². The maximum absolute atomic E-state index is 15.2. The van der Waals surface area contributed by atoms with Gasteiger partial charge in [-0.2, -0.15) is 0 Å². The van der Waals surface area contributed by atoms with Gasteiger partial charge >= 0.3 is 0 Å². The van der Waals surface area contributed by atoms with Crippen LogP contribution in [-0.4, -0.2) is 40.9 Å². The molecule has 5 rings (SSSR count). The number of imidazole rings is 1. The number of hydrogen-bond acceptors (Lipinski definition) is 4. The van der Waals surface area contributed by atoms with Crippen molar-refractivity contribution in [2.45, 2.75) is 18.9 Å². The van der Waals surface area contributed by atoms with E-state index in [0.717, 1.165) is 17.7 Å². The van der Waals surface area contributed by atoms with Gasteiger partial charge in [-0.25, -0.2) is 13.8 Å². The van der Waals surface area contributed by atoms with Crippen LogP contribution < -0.4 is 15.0 Å². The minimum absolute atomic E-state index is 0.00876. The molecule has 2 aromatic carbocycles. The molecule has 36 heavy (non-hydrogen) atoms. The fraction of sp³-hybridized carbons (Fsp3) is 0.192. The lowest BCUT2D eigenvalue weighted by molar-refractivity contribution is -0.118. The Kier molecular flexibility index (Phi) is 6.09. The van der Waals surface area contributed by atoms with Crippen molar-refractivity contribution in [3.8, 4) is 5.75 Å². The predicted molar refractivity (Wildman–Crippen MR) is 131 cm³/mol. The fourth-order valence-electron chi connectivity index (χ4n) is 4.58. The van der Waals surface area contributed by atoms with E-state index in [4.69, 9.17) is 16.3 Å². The molecule has 184 valence electrons. The highest BCUT2D eigenvalue weighted by molar-refractivity contribution is 6.30. The molecule has 0 bridgehead atoms. The molecule has 2 aromatic heterocycles. The molecular formula is C26H21ClF2N4O3. The number of pyridine rings is 1. The van der Waals surface area contributed by atoms with Crippen LogP contribution in [0.2, 0.25) is 5.02 Å². The lowest BCUT2D eigenvalue weighted by Gasteiger charge is -2.20. The van der Waals surface area contributed by atoms with E-state index in [1.165, 1.54) is 24.1 Å². The summed E-state index contributed by atoms with van der Waals surface area (Å²) in [6, 6.07) is 8.76. The van der Waals surface area contributed by atoms with Crippen molar-refractivity contribution >= 4 is 34.7 Å². The number of methoxy groups -OCH3 is 1. The largest absolute Gasteiger partial charge is 0.497 e. The molecule has 2 amide bonds. The van der Waals surface area contributed by atoms with Crippen LogP contribution in [0.4, 0.5) is 14.5 Å².